The Bertz CT molecular complexity index is 493. The maximum Gasteiger partial charge on any atom is 0.322 e. The molecule has 0 spiro atoms. The van der Waals surface area contributed by atoms with E-state index < -0.39 is 5.82 Å². The minimum absolute atomic E-state index is 0.108. The van der Waals surface area contributed by atoms with Crippen LogP contribution >= 0.6 is 0 Å². The average molecular weight is 249 g/mol. The highest BCUT2D eigenvalue weighted by atomic mass is 19.1. The van der Waals surface area contributed by atoms with E-state index in [1.807, 2.05) is 6.07 Å². The third-order valence-electron chi connectivity index (χ3n) is 2.64. The summed E-state index contributed by atoms with van der Waals surface area (Å²) in [5.74, 6) is -0.504. The first kappa shape index (κ1) is 12.3. The van der Waals surface area contributed by atoms with Gasteiger partial charge in [-0.05, 0) is 18.2 Å². The molecule has 0 aliphatic carbocycles. The van der Waals surface area contributed by atoms with E-state index in [-0.39, 0.29) is 11.6 Å². The molecule has 5 nitrogen and oxygen atoms in total. The van der Waals surface area contributed by atoms with Gasteiger partial charge in [0.05, 0.1) is 24.5 Å². The Labute approximate surface area is 104 Å². The van der Waals surface area contributed by atoms with Crippen molar-refractivity contribution in [1.29, 1.82) is 5.26 Å². The fraction of sp³-hybridized carbons (Fsp3) is 0.333. The van der Waals surface area contributed by atoms with Crippen molar-refractivity contribution in [3.8, 4) is 6.07 Å². The topological polar surface area (TPSA) is 65.4 Å². The Morgan fingerprint density at radius 3 is 2.83 bits per heavy atom. The summed E-state index contributed by atoms with van der Waals surface area (Å²) in [7, 11) is 0. The highest BCUT2D eigenvalue weighted by Gasteiger charge is 2.17. The molecule has 0 radical (unpaired) electrons. The second-order valence-corrected chi connectivity index (χ2v) is 3.83. The van der Waals surface area contributed by atoms with Crippen molar-refractivity contribution in [1.82, 2.24) is 4.90 Å². The number of hydrogen-bond donors (Lipinski definition) is 1. The highest BCUT2D eigenvalue weighted by Crippen LogP contribution is 2.16. The van der Waals surface area contributed by atoms with Crippen LogP contribution in [0.15, 0.2) is 18.2 Å². The van der Waals surface area contributed by atoms with Gasteiger partial charge in [0.2, 0.25) is 0 Å². The number of rotatable bonds is 1. The monoisotopic (exact) mass is 249 g/mol. The average Bonchev–Trinajstić information content (AvgIpc) is 2.41. The fourth-order valence-electron chi connectivity index (χ4n) is 1.68. The molecule has 0 bridgehead atoms. The Morgan fingerprint density at radius 1 is 1.44 bits per heavy atom. The quantitative estimate of drug-likeness (QED) is 0.821. The molecular weight excluding hydrogens is 237 g/mol. The molecule has 1 aromatic carbocycles. The van der Waals surface area contributed by atoms with Crippen LogP contribution in [0.1, 0.15) is 5.56 Å². The number of morpholine rings is 1. The summed E-state index contributed by atoms with van der Waals surface area (Å²) in [5.41, 5.74) is 0.423. The van der Waals surface area contributed by atoms with Crippen molar-refractivity contribution in [2.45, 2.75) is 0 Å². The summed E-state index contributed by atoms with van der Waals surface area (Å²) < 4.78 is 18.1. The first-order valence-electron chi connectivity index (χ1n) is 5.54. The second kappa shape index (κ2) is 5.47. The minimum Gasteiger partial charge on any atom is -0.378 e. The predicted octanol–water partition coefficient (Wildman–Crippen LogP) is 1.56. The summed E-state index contributed by atoms with van der Waals surface area (Å²) in [4.78, 5) is 13.5. The molecule has 2 rings (SSSR count). The number of hydrogen-bond acceptors (Lipinski definition) is 3. The van der Waals surface area contributed by atoms with Gasteiger partial charge in [-0.2, -0.15) is 5.26 Å². The molecule has 1 saturated heterocycles. The van der Waals surface area contributed by atoms with Crippen LogP contribution in [-0.4, -0.2) is 37.2 Å². The molecule has 0 atom stereocenters. The fourth-order valence-corrected chi connectivity index (χ4v) is 1.68. The van der Waals surface area contributed by atoms with E-state index in [9.17, 15) is 9.18 Å². The van der Waals surface area contributed by atoms with Gasteiger partial charge in [-0.3, -0.25) is 0 Å². The smallest absolute Gasteiger partial charge is 0.322 e. The lowest BCUT2D eigenvalue weighted by molar-refractivity contribution is 0.0564. The first-order chi connectivity index (χ1) is 8.70. The summed E-state index contributed by atoms with van der Waals surface area (Å²) in [6.07, 6.45) is 0. The van der Waals surface area contributed by atoms with Gasteiger partial charge in [-0.1, -0.05) is 0 Å². The Hall–Kier alpha value is -2.13. The molecule has 0 unspecified atom stereocenters. The normalized spacial score (nSPS) is 15.0. The number of amides is 2. The number of carbonyl (C=O) groups excluding carboxylic acids is 1. The molecule has 1 aliphatic rings. The molecule has 0 saturated carbocycles. The van der Waals surface area contributed by atoms with Crippen LogP contribution in [0.25, 0.3) is 0 Å². The van der Waals surface area contributed by atoms with E-state index in [2.05, 4.69) is 5.32 Å². The number of urea groups is 1. The van der Waals surface area contributed by atoms with Crippen molar-refractivity contribution >= 4 is 11.7 Å². The largest absolute Gasteiger partial charge is 0.378 e. The number of anilines is 1. The van der Waals surface area contributed by atoms with E-state index in [1.54, 1.807) is 4.90 Å². The van der Waals surface area contributed by atoms with Crippen LogP contribution in [-0.2, 0) is 4.74 Å². The van der Waals surface area contributed by atoms with Gasteiger partial charge in [-0.25, -0.2) is 9.18 Å². The zero-order valence-corrected chi connectivity index (χ0v) is 9.65. The van der Waals surface area contributed by atoms with E-state index in [1.165, 1.54) is 12.1 Å². The molecule has 6 heteroatoms. The summed E-state index contributed by atoms with van der Waals surface area (Å²) in [6.45, 7) is 2.02. The van der Waals surface area contributed by atoms with Gasteiger partial charge in [0.15, 0.2) is 0 Å². The van der Waals surface area contributed by atoms with Gasteiger partial charge >= 0.3 is 6.03 Å². The number of carbonyl (C=O) groups is 1. The number of nitriles is 1. The Balaban J connectivity index is 2.09. The van der Waals surface area contributed by atoms with Crippen LogP contribution in [0, 0.1) is 17.1 Å². The molecule has 1 aromatic rings. The number of halogens is 1. The molecule has 1 fully saturated rings. The second-order valence-electron chi connectivity index (χ2n) is 3.83. The Morgan fingerprint density at radius 2 is 2.17 bits per heavy atom. The standard InChI is InChI=1S/C12H12FN3O2/c13-10-1-2-11(9(7-10)8-14)15-12(17)16-3-5-18-6-4-16/h1-2,7H,3-6H2,(H,15,17). The van der Waals surface area contributed by atoms with E-state index in [0.29, 0.717) is 32.0 Å². The molecule has 0 aromatic heterocycles. The zero-order valence-electron chi connectivity index (χ0n) is 9.65. The Kier molecular flexibility index (Phi) is 3.75. The lowest BCUT2D eigenvalue weighted by Gasteiger charge is -2.27. The third-order valence-corrected chi connectivity index (χ3v) is 2.64. The van der Waals surface area contributed by atoms with E-state index in [4.69, 9.17) is 10.00 Å². The van der Waals surface area contributed by atoms with Crippen LogP contribution in [0.2, 0.25) is 0 Å². The van der Waals surface area contributed by atoms with Gasteiger partial charge in [-0.15, -0.1) is 0 Å². The van der Waals surface area contributed by atoms with E-state index in [0.717, 1.165) is 6.07 Å². The van der Waals surface area contributed by atoms with Gasteiger partial charge < -0.3 is 15.0 Å². The lowest BCUT2D eigenvalue weighted by Crippen LogP contribution is -2.43. The van der Waals surface area contributed by atoms with Crippen LogP contribution in [0.5, 0.6) is 0 Å². The molecule has 1 N–H and O–H groups in total. The summed E-state index contributed by atoms with van der Waals surface area (Å²) in [6, 6.07) is 5.22. The maximum absolute atomic E-state index is 12.9. The number of ether oxygens (including phenoxy) is 1. The predicted molar refractivity (Wildman–Crippen MR) is 62.5 cm³/mol. The van der Waals surface area contributed by atoms with Crippen molar-refractivity contribution in [3.63, 3.8) is 0 Å². The third kappa shape index (κ3) is 2.76. The number of nitrogens with one attached hydrogen (secondary N) is 1. The lowest BCUT2D eigenvalue weighted by atomic mass is 10.2. The highest BCUT2D eigenvalue weighted by molar-refractivity contribution is 5.90. The van der Waals surface area contributed by atoms with E-state index >= 15 is 0 Å². The summed E-state index contributed by atoms with van der Waals surface area (Å²) in [5, 5.41) is 11.5. The zero-order chi connectivity index (χ0) is 13.0. The minimum atomic E-state index is -0.504. The first-order valence-corrected chi connectivity index (χ1v) is 5.54. The molecule has 1 heterocycles. The van der Waals surface area contributed by atoms with Crippen molar-refractivity contribution in [2.75, 3.05) is 31.6 Å². The van der Waals surface area contributed by atoms with Crippen LogP contribution in [0.4, 0.5) is 14.9 Å². The number of benzene rings is 1. The van der Waals surface area contributed by atoms with Crippen molar-refractivity contribution in [3.05, 3.63) is 29.6 Å². The van der Waals surface area contributed by atoms with Crippen LogP contribution in [0.3, 0.4) is 0 Å². The van der Waals surface area contributed by atoms with Gasteiger partial charge in [0, 0.05) is 13.1 Å². The SMILES string of the molecule is N#Cc1cc(F)ccc1NC(=O)N1CCOCC1. The molecule has 1 aliphatic heterocycles. The van der Waals surface area contributed by atoms with Gasteiger partial charge in [0.1, 0.15) is 11.9 Å². The molecular formula is C12H12FN3O2. The molecule has 2 amide bonds. The molecule has 94 valence electrons. The molecule has 18 heavy (non-hydrogen) atoms. The maximum atomic E-state index is 12.9. The van der Waals surface area contributed by atoms with Crippen LogP contribution < -0.4 is 5.32 Å². The number of nitrogens with zero attached hydrogens (tertiary/aromatic N) is 2. The van der Waals surface area contributed by atoms with Crippen molar-refractivity contribution in [2.24, 2.45) is 0 Å². The van der Waals surface area contributed by atoms with Crippen molar-refractivity contribution < 1.29 is 13.9 Å². The summed E-state index contributed by atoms with van der Waals surface area (Å²) >= 11 is 0. The van der Waals surface area contributed by atoms with Gasteiger partial charge in [0.25, 0.3) is 0 Å².